The molecular formula is C19H34N3O4. The highest BCUT2D eigenvalue weighted by molar-refractivity contribution is 5.87. The standard InChI is InChI=1S/C19H34N3O4/c1-18(2)15(13-20-5-9-25-10-6-20)17(23)16(19(3,4)22(18)24)14-21-7-11-26-12-8-21/h15-16H,5-14H2,1-4H3. The Morgan fingerprint density at radius 1 is 0.808 bits per heavy atom. The van der Waals surface area contributed by atoms with E-state index in [1.807, 2.05) is 27.7 Å². The highest BCUT2D eigenvalue weighted by Gasteiger charge is 2.58. The average Bonchev–Trinajstić information content (AvgIpc) is 2.63. The summed E-state index contributed by atoms with van der Waals surface area (Å²) in [5.41, 5.74) is -1.42. The van der Waals surface area contributed by atoms with Crippen LogP contribution in [-0.4, -0.2) is 97.4 Å². The third-order valence-electron chi connectivity index (χ3n) is 6.53. The third kappa shape index (κ3) is 3.84. The van der Waals surface area contributed by atoms with Gasteiger partial charge in [0.05, 0.1) is 49.3 Å². The molecule has 2 atom stereocenters. The summed E-state index contributed by atoms with van der Waals surface area (Å²) in [7, 11) is 0. The number of hydrogen-bond acceptors (Lipinski definition) is 6. The van der Waals surface area contributed by atoms with Crippen LogP contribution < -0.4 is 0 Å². The number of carbonyl (C=O) groups is 1. The van der Waals surface area contributed by atoms with E-state index in [-0.39, 0.29) is 17.6 Å². The molecule has 0 bridgehead atoms. The number of piperidine rings is 1. The van der Waals surface area contributed by atoms with Crippen molar-refractivity contribution >= 4 is 5.78 Å². The van der Waals surface area contributed by atoms with E-state index in [1.165, 1.54) is 5.06 Å². The quantitative estimate of drug-likeness (QED) is 0.727. The van der Waals surface area contributed by atoms with Crippen LogP contribution in [-0.2, 0) is 19.5 Å². The molecule has 3 heterocycles. The molecule has 3 aliphatic heterocycles. The van der Waals surface area contributed by atoms with Crippen molar-refractivity contribution in [2.24, 2.45) is 11.8 Å². The van der Waals surface area contributed by atoms with Crippen LogP contribution in [0.4, 0.5) is 0 Å². The van der Waals surface area contributed by atoms with E-state index in [4.69, 9.17) is 9.47 Å². The van der Waals surface area contributed by atoms with Gasteiger partial charge in [0.25, 0.3) is 0 Å². The van der Waals surface area contributed by atoms with Gasteiger partial charge < -0.3 is 9.47 Å². The molecule has 0 saturated carbocycles. The van der Waals surface area contributed by atoms with Crippen molar-refractivity contribution < 1.29 is 19.5 Å². The maximum absolute atomic E-state index is 13.6. The van der Waals surface area contributed by atoms with Crippen LogP contribution in [0.5, 0.6) is 0 Å². The molecule has 3 aliphatic rings. The number of hydroxylamine groups is 2. The molecule has 1 radical (unpaired) electrons. The number of hydrogen-bond donors (Lipinski definition) is 0. The summed E-state index contributed by atoms with van der Waals surface area (Å²) >= 11 is 0. The lowest BCUT2D eigenvalue weighted by Gasteiger charge is -2.55. The Labute approximate surface area is 157 Å². The van der Waals surface area contributed by atoms with Crippen LogP contribution in [0.25, 0.3) is 0 Å². The Hall–Kier alpha value is -0.570. The molecule has 3 saturated heterocycles. The van der Waals surface area contributed by atoms with Gasteiger partial charge in [0.1, 0.15) is 5.78 Å². The number of rotatable bonds is 4. The fourth-order valence-electron chi connectivity index (χ4n) is 4.68. The first-order valence-electron chi connectivity index (χ1n) is 9.86. The molecule has 2 unspecified atom stereocenters. The van der Waals surface area contributed by atoms with Crippen LogP contribution in [0.15, 0.2) is 0 Å². The van der Waals surface area contributed by atoms with Gasteiger partial charge in [-0.15, -0.1) is 10.3 Å². The van der Waals surface area contributed by atoms with Gasteiger partial charge in [0.2, 0.25) is 0 Å². The van der Waals surface area contributed by atoms with Crippen molar-refractivity contribution in [2.45, 2.75) is 38.8 Å². The van der Waals surface area contributed by atoms with E-state index in [1.54, 1.807) is 0 Å². The molecule has 0 aromatic rings. The van der Waals surface area contributed by atoms with Crippen molar-refractivity contribution in [1.29, 1.82) is 0 Å². The first-order chi connectivity index (χ1) is 12.2. The Bertz CT molecular complexity index is 457. The van der Waals surface area contributed by atoms with E-state index in [0.29, 0.717) is 39.5 Å². The highest BCUT2D eigenvalue weighted by atomic mass is 16.5. The van der Waals surface area contributed by atoms with Gasteiger partial charge in [-0.1, -0.05) is 0 Å². The second kappa shape index (κ2) is 7.81. The summed E-state index contributed by atoms with van der Waals surface area (Å²) in [5.74, 6) is -0.320. The van der Waals surface area contributed by atoms with Crippen LogP contribution in [0.3, 0.4) is 0 Å². The van der Waals surface area contributed by atoms with Crippen LogP contribution in [0, 0.1) is 11.8 Å². The first-order valence-corrected chi connectivity index (χ1v) is 9.86. The summed E-state index contributed by atoms with van der Waals surface area (Å²) in [6.07, 6.45) is 0. The molecule has 0 aromatic carbocycles. The second-order valence-corrected chi connectivity index (χ2v) is 8.94. The summed E-state index contributed by atoms with van der Waals surface area (Å²) in [6, 6.07) is 0. The van der Waals surface area contributed by atoms with Crippen LogP contribution in [0.1, 0.15) is 27.7 Å². The van der Waals surface area contributed by atoms with Crippen LogP contribution in [0.2, 0.25) is 0 Å². The van der Waals surface area contributed by atoms with Crippen molar-refractivity contribution in [3.05, 3.63) is 0 Å². The predicted octanol–water partition coefficient (Wildman–Crippen LogP) is 0.671. The minimum atomic E-state index is -0.708. The Kier molecular flexibility index (Phi) is 6.06. The summed E-state index contributed by atoms with van der Waals surface area (Å²) in [5, 5.41) is 14.5. The van der Waals surface area contributed by atoms with Crippen LogP contribution >= 0.6 is 0 Å². The van der Waals surface area contributed by atoms with Gasteiger partial charge in [-0.05, 0) is 27.7 Å². The molecule has 3 rings (SSSR count). The zero-order valence-electron chi connectivity index (χ0n) is 16.7. The normalized spacial score (nSPS) is 34.1. The molecule has 0 N–H and O–H groups in total. The van der Waals surface area contributed by atoms with Crippen molar-refractivity contribution in [3.8, 4) is 0 Å². The lowest BCUT2D eigenvalue weighted by atomic mass is 9.66. The molecule has 26 heavy (non-hydrogen) atoms. The lowest BCUT2D eigenvalue weighted by molar-refractivity contribution is -0.305. The maximum Gasteiger partial charge on any atom is 0.145 e. The van der Waals surface area contributed by atoms with Gasteiger partial charge in [0.15, 0.2) is 0 Å². The summed E-state index contributed by atoms with van der Waals surface area (Å²) < 4.78 is 10.9. The Balaban J connectivity index is 1.79. The number of morpholine rings is 2. The van der Waals surface area contributed by atoms with Crippen molar-refractivity contribution in [3.63, 3.8) is 0 Å². The minimum absolute atomic E-state index is 0.241. The number of Topliss-reactive ketones (excluding diaryl/α,β-unsaturated/α-hetero) is 1. The van der Waals surface area contributed by atoms with E-state index in [2.05, 4.69) is 9.80 Å². The van der Waals surface area contributed by atoms with Gasteiger partial charge >= 0.3 is 0 Å². The predicted molar refractivity (Wildman–Crippen MR) is 97.2 cm³/mol. The zero-order chi connectivity index (χ0) is 18.9. The van der Waals surface area contributed by atoms with Crippen molar-refractivity contribution in [2.75, 3.05) is 65.7 Å². The van der Waals surface area contributed by atoms with Gasteiger partial charge in [-0.2, -0.15) is 0 Å². The highest BCUT2D eigenvalue weighted by Crippen LogP contribution is 2.43. The fraction of sp³-hybridized carbons (Fsp3) is 0.947. The van der Waals surface area contributed by atoms with Crippen molar-refractivity contribution in [1.82, 2.24) is 14.9 Å². The topological polar surface area (TPSA) is 65.2 Å². The molecule has 0 aromatic heterocycles. The van der Waals surface area contributed by atoms with Gasteiger partial charge in [0, 0.05) is 39.3 Å². The number of ketones is 1. The number of carbonyl (C=O) groups excluding carboxylic acids is 1. The molecular weight excluding hydrogens is 334 g/mol. The largest absolute Gasteiger partial charge is 0.379 e. The molecule has 7 heteroatoms. The smallest absolute Gasteiger partial charge is 0.145 e. The lowest BCUT2D eigenvalue weighted by Crippen LogP contribution is -2.71. The monoisotopic (exact) mass is 368 g/mol. The van der Waals surface area contributed by atoms with E-state index < -0.39 is 11.1 Å². The summed E-state index contributed by atoms with van der Waals surface area (Å²) in [6.45, 7) is 15.1. The second-order valence-electron chi connectivity index (χ2n) is 8.94. The van der Waals surface area contributed by atoms with E-state index in [0.717, 1.165) is 26.2 Å². The molecule has 3 fully saturated rings. The maximum atomic E-state index is 13.6. The minimum Gasteiger partial charge on any atom is -0.379 e. The molecule has 0 spiro atoms. The molecule has 149 valence electrons. The average molecular weight is 368 g/mol. The molecule has 0 aliphatic carbocycles. The van der Waals surface area contributed by atoms with E-state index in [9.17, 15) is 10.0 Å². The van der Waals surface area contributed by atoms with Gasteiger partial charge in [-0.3, -0.25) is 14.6 Å². The molecule has 0 amide bonds. The SMILES string of the molecule is CC1(C)C(CN2CCOCC2)C(=O)C(CN2CCOCC2)C(C)(C)N1[O]. The summed E-state index contributed by atoms with van der Waals surface area (Å²) in [4.78, 5) is 18.1. The van der Waals surface area contributed by atoms with E-state index >= 15 is 0 Å². The number of ether oxygens (including phenoxy) is 2. The molecule has 7 nitrogen and oxygen atoms in total. The zero-order valence-corrected chi connectivity index (χ0v) is 16.7. The Morgan fingerprint density at radius 2 is 1.15 bits per heavy atom. The first kappa shape index (κ1) is 20.2. The number of nitrogens with zero attached hydrogens (tertiary/aromatic N) is 3. The third-order valence-corrected chi connectivity index (χ3v) is 6.53. The van der Waals surface area contributed by atoms with Gasteiger partial charge in [-0.25, -0.2) is 0 Å². The fourth-order valence-corrected chi connectivity index (χ4v) is 4.68. The Morgan fingerprint density at radius 3 is 1.50 bits per heavy atom.